The lowest BCUT2D eigenvalue weighted by Crippen LogP contribution is -2.13. The standard InChI is InChI=1S/C15H15N3O/c16-13-6-7-14(17-9-13)18-15(19)12-5-4-10-2-1-3-11(10)8-12/h4-9H,1-3,16H2,(H,17,18,19). The van der Waals surface area contributed by atoms with Crippen LogP contribution >= 0.6 is 0 Å². The van der Waals surface area contributed by atoms with Crippen molar-refractivity contribution in [2.75, 3.05) is 11.1 Å². The number of nitrogens with zero attached hydrogens (tertiary/aromatic N) is 1. The van der Waals surface area contributed by atoms with Gasteiger partial charge in [-0.2, -0.15) is 0 Å². The molecular formula is C15H15N3O. The maximum Gasteiger partial charge on any atom is 0.256 e. The smallest absolute Gasteiger partial charge is 0.256 e. The number of carbonyl (C=O) groups excluding carboxylic acids is 1. The summed E-state index contributed by atoms with van der Waals surface area (Å²) in [5.41, 5.74) is 9.47. The van der Waals surface area contributed by atoms with E-state index in [9.17, 15) is 4.79 Å². The van der Waals surface area contributed by atoms with Gasteiger partial charge in [0.1, 0.15) is 5.82 Å². The summed E-state index contributed by atoms with van der Waals surface area (Å²) >= 11 is 0. The Morgan fingerprint density at radius 3 is 2.79 bits per heavy atom. The van der Waals surface area contributed by atoms with Gasteiger partial charge in [0.2, 0.25) is 0 Å². The van der Waals surface area contributed by atoms with Gasteiger partial charge in [0, 0.05) is 5.56 Å². The molecular weight excluding hydrogens is 238 g/mol. The number of nitrogens with two attached hydrogens (primary N) is 1. The van der Waals surface area contributed by atoms with Crippen LogP contribution < -0.4 is 11.1 Å². The fraction of sp³-hybridized carbons (Fsp3) is 0.200. The molecule has 0 saturated carbocycles. The summed E-state index contributed by atoms with van der Waals surface area (Å²) in [4.78, 5) is 16.2. The van der Waals surface area contributed by atoms with Crippen molar-refractivity contribution in [1.29, 1.82) is 0 Å². The number of nitrogen functional groups attached to an aromatic ring is 1. The summed E-state index contributed by atoms with van der Waals surface area (Å²) in [7, 11) is 0. The molecule has 0 unspecified atom stereocenters. The molecule has 0 atom stereocenters. The van der Waals surface area contributed by atoms with E-state index in [1.54, 1.807) is 12.1 Å². The molecule has 1 aliphatic carbocycles. The van der Waals surface area contributed by atoms with Crippen LogP contribution in [-0.4, -0.2) is 10.9 Å². The molecule has 1 aromatic heterocycles. The predicted molar refractivity (Wildman–Crippen MR) is 75.1 cm³/mol. The van der Waals surface area contributed by atoms with Gasteiger partial charge in [-0.1, -0.05) is 6.07 Å². The molecule has 96 valence electrons. The van der Waals surface area contributed by atoms with Gasteiger partial charge in [-0.3, -0.25) is 4.79 Å². The van der Waals surface area contributed by atoms with Crippen molar-refractivity contribution in [1.82, 2.24) is 4.98 Å². The largest absolute Gasteiger partial charge is 0.397 e. The Balaban J connectivity index is 1.78. The van der Waals surface area contributed by atoms with Crippen molar-refractivity contribution in [3.8, 4) is 0 Å². The van der Waals surface area contributed by atoms with Crippen molar-refractivity contribution >= 4 is 17.4 Å². The van der Waals surface area contributed by atoms with Crippen LogP contribution in [0, 0.1) is 0 Å². The Hall–Kier alpha value is -2.36. The molecule has 19 heavy (non-hydrogen) atoms. The second-order valence-electron chi connectivity index (χ2n) is 4.77. The molecule has 0 saturated heterocycles. The zero-order valence-corrected chi connectivity index (χ0v) is 10.5. The number of rotatable bonds is 2. The summed E-state index contributed by atoms with van der Waals surface area (Å²) in [5.74, 6) is 0.381. The highest BCUT2D eigenvalue weighted by atomic mass is 16.1. The molecule has 0 spiro atoms. The second kappa shape index (κ2) is 4.72. The van der Waals surface area contributed by atoms with Crippen LogP contribution in [0.2, 0.25) is 0 Å². The molecule has 3 rings (SSSR count). The summed E-state index contributed by atoms with van der Waals surface area (Å²) < 4.78 is 0. The third-order valence-electron chi connectivity index (χ3n) is 3.39. The second-order valence-corrected chi connectivity index (χ2v) is 4.77. The number of benzene rings is 1. The highest BCUT2D eigenvalue weighted by Gasteiger charge is 2.14. The molecule has 0 bridgehead atoms. The number of carbonyl (C=O) groups is 1. The Morgan fingerprint density at radius 1 is 1.16 bits per heavy atom. The summed E-state index contributed by atoms with van der Waals surface area (Å²) in [6, 6.07) is 9.31. The van der Waals surface area contributed by atoms with E-state index in [0.29, 0.717) is 17.1 Å². The van der Waals surface area contributed by atoms with E-state index >= 15 is 0 Å². The third-order valence-corrected chi connectivity index (χ3v) is 3.39. The minimum Gasteiger partial charge on any atom is -0.397 e. The van der Waals surface area contributed by atoms with E-state index in [-0.39, 0.29) is 5.91 Å². The SMILES string of the molecule is Nc1ccc(NC(=O)c2ccc3c(c2)CCC3)nc1. The minimum absolute atomic E-state index is 0.132. The first-order valence-electron chi connectivity index (χ1n) is 6.37. The first-order chi connectivity index (χ1) is 9.22. The summed E-state index contributed by atoms with van der Waals surface area (Å²) in [6.45, 7) is 0. The topological polar surface area (TPSA) is 68.0 Å². The number of pyridine rings is 1. The Labute approximate surface area is 111 Å². The van der Waals surface area contributed by atoms with Gasteiger partial charge in [0.05, 0.1) is 11.9 Å². The normalized spacial score (nSPS) is 13.1. The van der Waals surface area contributed by atoms with Crippen LogP contribution in [-0.2, 0) is 12.8 Å². The maximum atomic E-state index is 12.1. The molecule has 0 aliphatic heterocycles. The minimum atomic E-state index is -0.132. The molecule has 1 amide bonds. The van der Waals surface area contributed by atoms with E-state index in [0.717, 1.165) is 12.8 Å². The zero-order valence-electron chi connectivity index (χ0n) is 10.5. The monoisotopic (exact) mass is 253 g/mol. The van der Waals surface area contributed by atoms with Crippen molar-refractivity contribution in [2.24, 2.45) is 0 Å². The molecule has 2 aromatic rings. The number of hydrogen-bond acceptors (Lipinski definition) is 3. The van der Waals surface area contributed by atoms with Gasteiger partial charge in [0.15, 0.2) is 0 Å². The van der Waals surface area contributed by atoms with Gasteiger partial charge in [-0.25, -0.2) is 4.98 Å². The van der Waals surface area contributed by atoms with Gasteiger partial charge < -0.3 is 11.1 Å². The number of aryl methyl sites for hydroxylation is 2. The lowest BCUT2D eigenvalue weighted by molar-refractivity contribution is 0.102. The highest BCUT2D eigenvalue weighted by Crippen LogP contribution is 2.23. The van der Waals surface area contributed by atoms with Crippen LogP contribution in [0.25, 0.3) is 0 Å². The fourth-order valence-electron chi connectivity index (χ4n) is 2.38. The highest BCUT2D eigenvalue weighted by molar-refractivity contribution is 6.04. The van der Waals surface area contributed by atoms with Crippen molar-refractivity contribution in [3.05, 3.63) is 53.2 Å². The number of hydrogen-bond donors (Lipinski definition) is 2. The van der Waals surface area contributed by atoms with Crippen LogP contribution in [0.15, 0.2) is 36.5 Å². The molecule has 1 heterocycles. The first-order valence-corrected chi connectivity index (χ1v) is 6.37. The molecule has 0 fully saturated rings. The van der Waals surface area contributed by atoms with Crippen molar-refractivity contribution < 1.29 is 4.79 Å². The average Bonchev–Trinajstić information content (AvgIpc) is 2.88. The molecule has 1 aromatic carbocycles. The zero-order chi connectivity index (χ0) is 13.2. The molecule has 0 radical (unpaired) electrons. The average molecular weight is 253 g/mol. The van der Waals surface area contributed by atoms with E-state index in [1.165, 1.54) is 23.7 Å². The van der Waals surface area contributed by atoms with Crippen LogP contribution in [0.3, 0.4) is 0 Å². The number of aromatic nitrogens is 1. The number of nitrogens with one attached hydrogen (secondary N) is 1. The van der Waals surface area contributed by atoms with E-state index in [4.69, 9.17) is 5.73 Å². The number of anilines is 2. The maximum absolute atomic E-state index is 12.1. The fourth-order valence-corrected chi connectivity index (χ4v) is 2.38. The molecule has 4 heteroatoms. The Kier molecular flexibility index (Phi) is 2.91. The number of fused-ring (bicyclic) bond motifs is 1. The van der Waals surface area contributed by atoms with Gasteiger partial charge in [-0.15, -0.1) is 0 Å². The molecule has 1 aliphatic rings. The predicted octanol–water partition coefficient (Wildman–Crippen LogP) is 2.40. The van der Waals surface area contributed by atoms with Gasteiger partial charge >= 0.3 is 0 Å². The Bertz CT molecular complexity index is 620. The van der Waals surface area contributed by atoms with Gasteiger partial charge in [0.25, 0.3) is 5.91 Å². The van der Waals surface area contributed by atoms with Crippen LogP contribution in [0.5, 0.6) is 0 Å². The summed E-state index contributed by atoms with van der Waals surface area (Å²) in [5, 5.41) is 2.77. The summed E-state index contributed by atoms with van der Waals surface area (Å²) in [6.07, 6.45) is 4.89. The molecule has 3 N–H and O–H groups in total. The number of amides is 1. The van der Waals surface area contributed by atoms with Crippen molar-refractivity contribution in [3.63, 3.8) is 0 Å². The quantitative estimate of drug-likeness (QED) is 0.863. The van der Waals surface area contributed by atoms with Crippen LogP contribution in [0.1, 0.15) is 27.9 Å². The third kappa shape index (κ3) is 2.42. The van der Waals surface area contributed by atoms with E-state index in [2.05, 4.69) is 10.3 Å². The Morgan fingerprint density at radius 2 is 2.00 bits per heavy atom. The van der Waals surface area contributed by atoms with E-state index < -0.39 is 0 Å². The first kappa shape index (κ1) is 11.7. The van der Waals surface area contributed by atoms with Crippen molar-refractivity contribution in [2.45, 2.75) is 19.3 Å². The molecule has 4 nitrogen and oxygen atoms in total. The lowest BCUT2D eigenvalue weighted by Gasteiger charge is -2.06. The van der Waals surface area contributed by atoms with E-state index in [1.807, 2.05) is 18.2 Å². The van der Waals surface area contributed by atoms with Gasteiger partial charge in [-0.05, 0) is 54.7 Å². The lowest BCUT2D eigenvalue weighted by atomic mass is 10.1. The van der Waals surface area contributed by atoms with Crippen LogP contribution in [0.4, 0.5) is 11.5 Å².